The predicted molar refractivity (Wildman–Crippen MR) is 68.4 cm³/mol. The lowest BCUT2D eigenvalue weighted by Gasteiger charge is -2.34. The quantitative estimate of drug-likeness (QED) is 0.828. The Bertz CT molecular complexity index is 414. The standard InChI is InChI=1S/C14H18F2N2/c1-2-3-14(18-8-6-17-7-9-18)12-10-11(15)4-5-13(12)16/h2,4-5,10,14,17H,1,3,6-9H2/t14-/m0/s1. The summed E-state index contributed by atoms with van der Waals surface area (Å²) in [5.41, 5.74) is 0.428. The Morgan fingerprint density at radius 2 is 2.06 bits per heavy atom. The topological polar surface area (TPSA) is 15.3 Å². The molecule has 2 nitrogen and oxygen atoms in total. The Morgan fingerprint density at radius 3 is 2.72 bits per heavy atom. The van der Waals surface area contributed by atoms with Crippen LogP contribution >= 0.6 is 0 Å². The third kappa shape index (κ3) is 2.94. The summed E-state index contributed by atoms with van der Waals surface area (Å²) in [6, 6.07) is 3.52. The highest BCUT2D eigenvalue weighted by Gasteiger charge is 2.23. The van der Waals surface area contributed by atoms with E-state index in [4.69, 9.17) is 0 Å². The van der Waals surface area contributed by atoms with Gasteiger partial charge in [0.15, 0.2) is 0 Å². The highest BCUT2D eigenvalue weighted by molar-refractivity contribution is 5.23. The molecule has 0 spiro atoms. The van der Waals surface area contributed by atoms with Crippen LogP contribution < -0.4 is 5.32 Å². The first-order chi connectivity index (χ1) is 8.72. The number of hydrogen-bond acceptors (Lipinski definition) is 2. The second-order valence-electron chi connectivity index (χ2n) is 4.49. The maximum Gasteiger partial charge on any atom is 0.128 e. The maximum atomic E-state index is 13.9. The normalized spacial score (nSPS) is 18.6. The van der Waals surface area contributed by atoms with Gasteiger partial charge < -0.3 is 5.32 Å². The lowest BCUT2D eigenvalue weighted by Crippen LogP contribution is -2.45. The fourth-order valence-electron chi connectivity index (χ4n) is 2.39. The maximum absolute atomic E-state index is 13.9. The molecular formula is C14H18F2N2. The van der Waals surface area contributed by atoms with Crippen molar-refractivity contribution in [1.29, 1.82) is 0 Å². The molecule has 0 amide bonds. The largest absolute Gasteiger partial charge is 0.314 e. The number of halogens is 2. The molecule has 1 aromatic rings. The smallest absolute Gasteiger partial charge is 0.128 e. The predicted octanol–water partition coefficient (Wildman–Crippen LogP) is 2.49. The molecule has 0 aromatic heterocycles. The molecule has 1 fully saturated rings. The van der Waals surface area contributed by atoms with Gasteiger partial charge >= 0.3 is 0 Å². The lowest BCUT2D eigenvalue weighted by atomic mass is 10.0. The van der Waals surface area contributed by atoms with E-state index in [9.17, 15) is 8.78 Å². The SMILES string of the molecule is C=CC[C@@H](c1cc(F)ccc1F)N1CCNCC1. The zero-order chi connectivity index (χ0) is 13.0. The average molecular weight is 252 g/mol. The number of hydrogen-bond donors (Lipinski definition) is 1. The van der Waals surface area contributed by atoms with Gasteiger partial charge in [-0.2, -0.15) is 0 Å². The zero-order valence-electron chi connectivity index (χ0n) is 10.3. The Hall–Kier alpha value is -1.26. The van der Waals surface area contributed by atoms with Gasteiger partial charge in [-0.05, 0) is 24.6 Å². The van der Waals surface area contributed by atoms with Gasteiger partial charge in [-0.1, -0.05) is 6.08 Å². The van der Waals surface area contributed by atoms with Gasteiger partial charge in [0, 0.05) is 37.8 Å². The van der Waals surface area contributed by atoms with Gasteiger partial charge in [0.05, 0.1) is 0 Å². The van der Waals surface area contributed by atoms with Gasteiger partial charge in [-0.3, -0.25) is 4.90 Å². The van der Waals surface area contributed by atoms with Crippen molar-refractivity contribution >= 4 is 0 Å². The molecule has 1 heterocycles. The highest BCUT2D eigenvalue weighted by Crippen LogP contribution is 2.27. The molecule has 0 bridgehead atoms. The van der Waals surface area contributed by atoms with Crippen molar-refractivity contribution in [2.24, 2.45) is 0 Å². The molecule has 1 aromatic carbocycles. The summed E-state index contributed by atoms with van der Waals surface area (Å²) in [5.74, 6) is -0.739. The molecular weight excluding hydrogens is 234 g/mol. The molecule has 2 rings (SSSR count). The zero-order valence-corrected chi connectivity index (χ0v) is 10.3. The molecule has 98 valence electrons. The number of rotatable bonds is 4. The summed E-state index contributed by atoms with van der Waals surface area (Å²) in [6.07, 6.45) is 2.39. The first kappa shape index (κ1) is 13.2. The van der Waals surface area contributed by atoms with E-state index in [1.54, 1.807) is 6.08 Å². The highest BCUT2D eigenvalue weighted by atomic mass is 19.1. The molecule has 1 N–H and O–H groups in total. The van der Waals surface area contributed by atoms with E-state index >= 15 is 0 Å². The van der Waals surface area contributed by atoms with Crippen molar-refractivity contribution in [1.82, 2.24) is 10.2 Å². The number of nitrogens with zero attached hydrogens (tertiary/aromatic N) is 1. The van der Waals surface area contributed by atoms with Gasteiger partial charge in [-0.25, -0.2) is 8.78 Å². The molecule has 4 heteroatoms. The van der Waals surface area contributed by atoms with E-state index in [-0.39, 0.29) is 11.9 Å². The number of piperazine rings is 1. The molecule has 0 aliphatic carbocycles. The minimum atomic E-state index is -0.393. The molecule has 1 saturated heterocycles. The number of nitrogens with one attached hydrogen (secondary N) is 1. The summed E-state index contributed by atoms with van der Waals surface area (Å²) in [5, 5.41) is 3.25. The van der Waals surface area contributed by atoms with Crippen LogP contribution in [0.3, 0.4) is 0 Å². The van der Waals surface area contributed by atoms with E-state index in [1.807, 2.05) is 0 Å². The van der Waals surface area contributed by atoms with Gasteiger partial charge in [0.2, 0.25) is 0 Å². The molecule has 18 heavy (non-hydrogen) atoms. The summed E-state index contributed by atoms with van der Waals surface area (Å²) in [6.45, 7) is 7.16. The number of benzene rings is 1. The van der Waals surface area contributed by atoms with Crippen LogP contribution in [-0.4, -0.2) is 31.1 Å². The van der Waals surface area contributed by atoms with E-state index < -0.39 is 5.82 Å². The first-order valence-electron chi connectivity index (χ1n) is 6.23. The summed E-state index contributed by atoms with van der Waals surface area (Å²) >= 11 is 0. The fourth-order valence-corrected chi connectivity index (χ4v) is 2.39. The first-order valence-corrected chi connectivity index (χ1v) is 6.23. The van der Waals surface area contributed by atoms with Gasteiger partial charge in [-0.15, -0.1) is 6.58 Å². The Kier molecular flexibility index (Phi) is 4.44. The second kappa shape index (κ2) is 6.07. The Labute approximate surface area is 106 Å². The van der Waals surface area contributed by atoms with Crippen molar-refractivity contribution < 1.29 is 8.78 Å². The third-order valence-corrected chi connectivity index (χ3v) is 3.30. The Balaban J connectivity index is 2.27. The van der Waals surface area contributed by atoms with Crippen LogP contribution in [0.2, 0.25) is 0 Å². The monoisotopic (exact) mass is 252 g/mol. The van der Waals surface area contributed by atoms with Gasteiger partial charge in [0.1, 0.15) is 11.6 Å². The van der Waals surface area contributed by atoms with E-state index in [1.165, 1.54) is 12.1 Å². The van der Waals surface area contributed by atoms with Crippen molar-refractivity contribution in [2.75, 3.05) is 26.2 Å². The van der Waals surface area contributed by atoms with Crippen LogP contribution in [0.1, 0.15) is 18.0 Å². The summed E-state index contributed by atoms with van der Waals surface area (Å²) < 4.78 is 27.1. The summed E-state index contributed by atoms with van der Waals surface area (Å²) in [7, 11) is 0. The van der Waals surface area contributed by atoms with E-state index in [2.05, 4.69) is 16.8 Å². The van der Waals surface area contributed by atoms with Crippen LogP contribution in [0.25, 0.3) is 0 Å². The van der Waals surface area contributed by atoms with E-state index in [0.717, 1.165) is 32.2 Å². The lowest BCUT2D eigenvalue weighted by molar-refractivity contribution is 0.171. The minimum Gasteiger partial charge on any atom is -0.314 e. The van der Waals surface area contributed by atoms with Crippen molar-refractivity contribution in [2.45, 2.75) is 12.5 Å². The van der Waals surface area contributed by atoms with Crippen LogP contribution in [0.4, 0.5) is 8.78 Å². The van der Waals surface area contributed by atoms with Crippen molar-refractivity contribution in [3.8, 4) is 0 Å². The second-order valence-corrected chi connectivity index (χ2v) is 4.49. The van der Waals surface area contributed by atoms with Crippen LogP contribution in [0, 0.1) is 11.6 Å². The Morgan fingerprint density at radius 1 is 1.33 bits per heavy atom. The van der Waals surface area contributed by atoms with Crippen molar-refractivity contribution in [3.05, 3.63) is 48.1 Å². The van der Waals surface area contributed by atoms with E-state index in [0.29, 0.717) is 12.0 Å². The molecule has 0 radical (unpaired) electrons. The van der Waals surface area contributed by atoms with Gasteiger partial charge in [0.25, 0.3) is 0 Å². The molecule has 0 unspecified atom stereocenters. The fraction of sp³-hybridized carbons (Fsp3) is 0.429. The minimum absolute atomic E-state index is 0.125. The molecule has 1 aliphatic rings. The molecule has 1 atom stereocenters. The third-order valence-electron chi connectivity index (χ3n) is 3.30. The molecule has 1 aliphatic heterocycles. The van der Waals surface area contributed by atoms with Crippen LogP contribution in [0.15, 0.2) is 30.9 Å². The van der Waals surface area contributed by atoms with Crippen molar-refractivity contribution in [3.63, 3.8) is 0 Å². The summed E-state index contributed by atoms with van der Waals surface area (Å²) in [4.78, 5) is 2.18. The van der Waals surface area contributed by atoms with Crippen LogP contribution in [-0.2, 0) is 0 Å². The average Bonchev–Trinajstić information content (AvgIpc) is 2.40. The van der Waals surface area contributed by atoms with Crippen LogP contribution in [0.5, 0.6) is 0 Å². The molecule has 0 saturated carbocycles.